The van der Waals surface area contributed by atoms with Crippen LogP contribution in [-0.2, 0) is 4.79 Å². The Labute approximate surface area is 213 Å². The zero-order valence-electron chi connectivity index (χ0n) is 22.2. The molecule has 0 aliphatic carbocycles. The van der Waals surface area contributed by atoms with E-state index in [1.54, 1.807) is 0 Å². The summed E-state index contributed by atoms with van der Waals surface area (Å²) in [7, 11) is 0. The van der Waals surface area contributed by atoms with Crippen LogP contribution in [0.3, 0.4) is 0 Å². The van der Waals surface area contributed by atoms with Crippen molar-refractivity contribution in [3.05, 3.63) is 30.5 Å². The maximum atomic E-state index is 12.6. The molecule has 2 heterocycles. The van der Waals surface area contributed by atoms with Crippen molar-refractivity contribution < 1.29 is 4.79 Å². The van der Waals surface area contributed by atoms with E-state index in [-0.39, 0.29) is 0 Å². The van der Waals surface area contributed by atoms with Crippen LogP contribution >= 0.6 is 0 Å². The fourth-order valence-corrected chi connectivity index (χ4v) is 5.09. The molecule has 0 radical (unpaired) electrons. The van der Waals surface area contributed by atoms with Gasteiger partial charge in [-0.1, -0.05) is 109 Å². The second-order valence-electron chi connectivity index (χ2n) is 10.3. The first-order valence-electron chi connectivity index (χ1n) is 14.5. The summed E-state index contributed by atoms with van der Waals surface area (Å²) >= 11 is 0. The molecule has 1 saturated heterocycles. The van der Waals surface area contributed by atoms with Crippen LogP contribution in [0, 0.1) is 0 Å². The summed E-state index contributed by atoms with van der Waals surface area (Å²) in [5, 5.41) is 0. The number of unbranched alkanes of at least 4 members (excludes halogenated alkanes) is 14. The van der Waals surface area contributed by atoms with Crippen molar-refractivity contribution in [2.75, 3.05) is 31.1 Å². The van der Waals surface area contributed by atoms with Crippen LogP contribution < -0.4 is 4.90 Å². The van der Waals surface area contributed by atoms with Gasteiger partial charge in [-0.3, -0.25) is 9.78 Å². The number of piperazine rings is 1. The number of anilines is 1. The molecule has 5 heteroatoms. The van der Waals surface area contributed by atoms with Gasteiger partial charge in [0.1, 0.15) is 5.82 Å². The molecule has 0 unspecified atom stereocenters. The fourth-order valence-electron chi connectivity index (χ4n) is 5.09. The number of carbonyl (C=O) groups excluding carboxylic acids is 1. The number of aromatic nitrogens is 2. The molecule has 1 aliphatic rings. The number of fused-ring (bicyclic) bond motifs is 1. The first kappa shape index (κ1) is 27.4. The molecule has 0 N–H and O–H groups in total. The summed E-state index contributed by atoms with van der Waals surface area (Å²) in [5.41, 5.74) is 1.85. The Morgan fingerprint density at radius 3 is 1.80 bits per heavy atom. The average Bonchev–Trinajstić information content (AvgIpc) is 2.90. The molecule has 1 fully saturated rings. The van der Waals surface area contributed by atoms with E-state index in [0.29, 0.717) is 12.3 Å². The van der Waals surface area contributed by atoms with Crippen LogP contribution in [0.25, 0.3) is 11.0 Å². The van der Waals surface area contributed by atoms with Gasteiger partial charge in [0.25, 0.3) is 0 Å². The van der Waals surface area contributed by atoms with E-state index in [9.17, 15) is 4.79 Å². The van der Waals surface area contributed by atoms with Crippen molar-refractivity contribution in [3.8, 4) is 0 Å². The predicted octanol–water partition coefficient (Wildman–Crippen LogP) is 7.54. The molecular formula is C30H48N4O. The molecular weight excluding hydrogens is 432 g/mol. The lowest BCUT2D eigenvalue weighted by Gasteiger charge is -2.35. The Bertz CT molecular complexity index is 847. The van der Waals surface area contributed by atoms with Gasteiger partial charge in [0.05, 0.1) is 17.2 Å². The van der Waals surface area contributed by atoms with E-state index in [1.807, 2.05) is 35.4 Å². The zero-order valence-corrected chi connectivity index (χ0v) is 22.2. The van der Waals surface area contributed by atoms with E-state index in [1.165, 1.54) is 89.9 Å². The molecule has 0 saturated carbocycles. The molecule has 1 amide bonds. The van der Waals surface area contributed by atoms with Crippen molar-refractivity contribution in [1.82, 2.24) is 14.9 Å². The molecule has 194 valence electrons. The molecule has 2 aromatic rings. The minimum absolute atomic E-state index is 0.323. The zero-order chi connectivity index (χ0) is 24.6. The lowest BCUT2D eigenvalue weighted by Crippen LogP contribution is -2.49. The summed E-state index contributed by atoms with van der Waals surface area (Å²) < 4.78 is 0. The standard InChI is InChI=1S/C30H48N4O/c1-2-3-4-5-6-7-8-9-10-11-12-13-14-15-16-21-30(35)34-24-22-33(23-25-34)29-26-31-27-19-17-18-20-28(27)32-29/h17-20,26H,2-16,21-25H2,1H3. The lowest BCUT2D eigenvalue weighted by atomic mass is 10.0. The molecule has 0 spiro atoms. The predicted molar refractivity (Wildman–Crippen MR) is 148 cm³/mol. The Balaban J connectivity index is 1.16. The van der Waals surface area contributed by atoms with E-state index >= 15 is 0 Å². The minimum atomic E-state index is 0.323. The van der Waals surface area contributed by atoms with Gasteiger partial charge in [0.2, 0.25) is 5.91 Å². The molecule has 1 aliphatic heterocycles. The number of carbonyl (C=O) groups is 1. The number of hydrogen-bond acceptors (Lipinski definition) is 4. The highest BCUT2D eigenvalue weighted by Gasteiger charge is 2.21. The maximum Gasteiger partial charge on any atom is 0.222 e. The number of nitrogens with zero attached hydrogens (tertiary/aromatic N) is 4. The van der Waals surface area contributed by atoms with Gasteiger partial charge >= 0.3 is 0 Å². The van der Waals surface area contributed by atoms with Crippen LogP contribution in [0.2, 0.25) is 0 Å². The third kappa shape index (κ3) is 10.1. The molecule has 35 heavy (non-hydrogen) atoms. The lowest BCUT2D eigenvalue weighted by molar-refractivity contribution is -0.131. The van der Waals surface area contributed by atoms with Gasteiger partial charge in [-0.15, -0.1) is 0 Å². The van der Waals surface area contributed by atoms with E-state index in [4.69, 9.17) is 4.98 Å². The summed E-state index contributed by atoms with van der Waals surface area (Å²) in [4.78, 5) is 26.2. The Kier molecular flexibility index (Phi) is 12.9. The van der Waals surface area contributed by atoms with Crippen molar-refractivity contribution in [3.63, 3.8) is 0 Å². The quantitative estimate of drug-likeness (QED) is 0.219. The number of amides is 1. The monoisotopic (exact) mass is 480 g/mol. The molecule has 1 aromatic heterocycles. The SMILES string of the molecule is CCCCCCCCCCCCCCCCCC(=O)N1CCN(c2cnc3ccccc3n2)CC1. The number of benzene rings is 1. The van der Waals surface area contributed by atoms with Gasteiger partial charge in [-0.05, 0) is 18.6 Å². The highest BCUT2D eigenvalue weighted by Crippen LogP contribution is 2.18. The minimum Gasteiger partial charge on any atom is -0.352 e. The van der Waals surface area contributed by atoms with Crippen molar-refractivity contribution >= 4 is 22.8 Å². The van der Waals surface area contributed by atoms with E-state index in [0.717, 1.165) is 49.5 Å². The highest BCUT2D eigenvalue weighted by atomic mass is 16.2. The van der Waals surface area contributed by atoms with Gasteiger partial charge in [-0.2, -0.15) is 0 Å². The Hall–Kier alpha value is -2.17. The first-order chi connectivity index (χ1) is 17.3. The molecule has 0 bridgehead atoms. The van der Waals surface area contributed by atoms with Crippen molar-refractivity contribution in [2.24, 2.45) is 0 Å². The van der Waals surface area contributed by atoms with Gasteiger partial charge in [0.15, 0.2) is 0 Å². The van der Waals surface area contributed by atoms with E-state index < -0.39 is 0 Å². The first-order valence-corrected chi connectivity index (χ1v) is 14.5. The third-order valence-corrected chi connectivity index (χ3v) is 7.39. The summed E-state index contributed by atoms with van der Waals surface area (Å²) in [6, 6.07) is 7.97. The number of hydrogen-bond donors (Lipinski definition) is 0. The summed E-state index contributed by atoms with van der Waals surface area (Å²) in [6.07, 6.45) is 22.9. The number of para-hydroxylation sites is 2. The van der Waals surface area contributed by atoms with Crippen LogP contribution in [0.4, 0.5) is 5.82 Å². The smallest absolute Gasteiger partial charge is 0.222 e. The van der Waals surface area contributed by atoms with Crippen LogP contribution in [-0.4, -0.2) is 47.0 Å². The van der Waals surface area contributed by atoms with Crippen molar-refractivity contribution in [1.29, 1.82) is 0 Å². The molecule has 5 nitrogen and oxygen atoms in total. The molecule has 3 rings (SSSR count). The van der Waals surface area contributed by atoms with E-state index in [2.05, 4.69) is 16.8 Å². The Morgan fingerprint density at radius 1 is 0.714 bits per heavy atom. The second-order valence-corrected chi connectivity index (χ2v) is 10.3. The summed E-state index contributed by atoms with van der Waals surface area (Å²) in [5.74, 6) is 1.24. The highest BCUT2D eigenvalue weighted by molar-refractivity contribution is 5.77. The average molecular weight is 481 g/mol. The van der Waals surface area contributed by atoms with Crippen LogP contribution in [0.15, 0.2) is 30.5 Å². The Morgan fingerprint density at radius 2 is 1.23 bits per heavy atom. The van der Waals surface area contributed by atoms with Gasteiger partial charge in [-0.25, -0.2) is 4.98 Å². The van der Waals surface area contributed by atoms with Gasteiger partial charge in [0, 0.05) is 32.6 Å². The topological polar surface area (TPSA) is 49.3 Å². The van der Waals surface area contributed by atoms with Crippen molar-refractivity contribution in [2.45, 2.75) is 110 Å². The number of rotatable bonds is 17. The maximum absolute atomic E-state index is 12.6. The third-order valence-electron chi connectivity index (χ3n) is 7.39. The van der Waals surface area contributed by atoms with Crippen LogP contribution in [0.5, 0.6) is 0 Å². The normalized spacial score (nSPS) is 14.1. The summed E-state index contributed by atoms with van der Waals surface area (Å²) in [6.45, 7) is 5.51. The fraction of sp³-hybridized carbons (Fsp3) is 0.700. The largest absolute Gasteiger partial charge is 0.352 e. The van der Waals surface area contributed by atoms with Gasteiger partial charge < -0.3 is 9.80 Å². The molecule has 0 atom stereocenters. The second kappa shape index (κ2) is 16.5. The molecule has 1 aromatic carbocycles. The van der Waals surface area contributed by atoms with Crippen LogP contribution in [0.1, 0.15) is 110 Å².